The Morgan fingerprint density at radius 1 is 0.521 bits per heavy atom. The van der Waals surface area contributed by atoms with E-state index in [4.69, 9.17) is 4.74 Å². The molecule has 1 saturated heterocycles. The third-order valence-corrected chi connectivity index (χ3v) is 19.7. The molecule has 1 heterocycles. The lowest BCUT2D eigenvalue weighted by atomic mass is 9.91. The van der Waals surface area contributed by atoms with Crippen molar-refractivity contribution < 1.29 is 62.6 Å². The van der Waals surface area contributed by atoms with Crippen molar-refractivity contribution in [1.82, 2.24) is 60.5 Å². The van der Waals surface area contributed by atoms with Gasteiger partial charge in [-0.25, -0.2) is 0 Å². The van der Waals surface area contributed by atoms with Crippen LogP contribution in [0.1, 0.15) is 170 Å². The zero-order chi connectivity index (χ0) is 74.3. The molecule has 1 fully saturated rings. The first-order valence-electron chi connectivity index (χ1n) is 34.7. The number of carbonyl (C=O) groups excluding carboxylic acids is 11. The molecule has 1 rings (SSSR count). The maximum Gasteiger partial charge on any atom is 0.246 e. The molecule has 5 N–H and O–H groups in total. The average Bonchev–Trinajstić information content (AvgIpc) is 0.949. The Balaban J connectivity index is 4.62. The van der Waals surface area contributed by atoms with Crippen LogP contribution in [0, 0.1) is 35.5 Å². The molecule has 0 radical (unpaired) electrons. The number of hydrogen-bond acceptors (Lipinski definition) is 15. The number of aliphatic hydroxyl groups is 1. The molecule has 0 saturated carbocycles. The summed E-state index contributed by atoms with van der Waals surface area (Å²) in [6, 6.07) is -14.1. The van der Waals surface area contributed by atoms with Gasteiger partial charge in [-0.15, -0.1) is 0 Å². The lowest BCUT2D eigenvalue weighted by Gasteiger charge is -2.41. The number of carbonyl (C=O) groups is 11. The van der Waals surface area contributed by atoms with Gasteiger partial charge in [0.2, 0.25) is 65.0 Å². The zero-order valence-corrected chi connectivity index (χ0v) is 64.5. The number of rotatable bonds is 23. The molecular formula is C70H128N12O13S. The molecular weight excluding hydrogens is 1250 g/mol. The molecule has 25 nitrogen and oxygen atoms in total. The largest absolute Gasteiger partial charge is 0.390 e. The van der Waals surface area contributed by atoms with Crippen LogP contribution < -0.4 is 21.3 Å². The highest BCUT2D eigenvalue weighted by atomic mass is 32.2. The van der Waals surface area contributed by atoms with Crippen LogP contribution in [0.25, 0.3) is 0 Å². The summed E-state index contributed by atoms with van der Waals surface area (Å²) in [6.45, 7) is 36.0. The summed E-state index contributed by atoms with van der Waals surface area (Å²) < 4.78 is 5.85. The Morgan fingerprint density at radius 2 is 0.958 bits per heavy atom. The normalized spacial score (nSPS) is 26.2. The van der Waals surface area contributed by atoms with Crippen molar-refractivity contribution in [2.24, 2.45) is 35.5 Å². The molecule has 1 aliphatic rings. The maximum atomic E-state index is 15.5. The number of thioether (sulfide) groups is 1. The smallest absolute Gasteiger partial charge is 0.246 e. The molecule has 11 amide bonds. The predicted molar refractivity (Wildman–Crippen MR) is 379 cm³/mol. The van der Waals surface area contributed by atoms with Gasteiger partial charge in [-0.3, -0.25) is 52.7 Å². The number of nitrogens with zero attached hydrogens (tertiary/aromatic N) is 8. The summed E-state index contributed by atoms with van der Waals surface area (Å²) in [5, 5.41) is 23.5. The van der Waals surface area contributed by atoms with Crippen LogP contribution in [0.15, 0.2) is 12.2 Å². The van der Waals surface area contributed by atoms with Gasteiger partial charge in [0.15, 0.2) is 0 Å². The lowest BCUT2D eigenvalue weighted by molar-refractivity contribution is -0.157. The highest BCUT2D eigenvalue weighted by molar-refractivity contribution is 7.99. The van der Waals surface area contributed by atoms with E-state index in [1.54, 1.807) is 61.5 Å². The van der Waals surface area contributed by atoms with E-state index in [2.05, 4.69) is 26.2 Å². The molecule has 0 aromatic rings. The number of aliphatic hydroxyl groups excluding tert-OH is 1. The van der Waals surface area contributed by atoms with Gasteiger partial charge < -0.3 is 70.3 Å². The van der Waals surface area contributed by atoms with Crippen molar-refractivity contribution in [3.63, 3.8) is 0 Å². The molecule has 26 heteroatoms. The minimum Gasteiger partial charge on any atom is -0.390 e. The number of likely N-dealkylation sites (N-methyl/N-ethyl adjacent to an activating group) is 7. The van der Waals surface area contributed by atoms with Gasteiger partial charge in [0.25, 0.3) is 0 Å². The monoisotopic (exact) mass is 1380 g/mol. The van der Waals surface area contributed by atoms with Crippen molar-refractivity contribution in [3.05, 3.63) is 12.2 Å². The molecule has 96 heavy (non-hydrogen) atoms. The second-order valence-electron chi connectivity index (χ2n) is 28.9. The van der Waals surface area contributed by atoms with E-state index in [1.807, 2.05) is 68.4 Å². The molecule has 0 aliphatic carbocycles. The van der Waals surface area contributed by atoms with E-state index >= 15 is 33.6 Å². The topological polar surface area (TPSA) is 291 Å². The molecule has 0 aromatic carbocycles. The van der Waals surface area contributed by atoms with Crippen LogP contribution in [0.4, 0.5) is 0 Å². The Bertz CT molecular complexity index is 2600. The fraction of sp³-hybridized carbons (Fsp3) is 0.814. The van der Waals surface area contributed by atoms with Crippen molar-refractivity contribution >= 4 is 76.7 Å². The van der Waals surface area contributed by atoms with Crippen LogP contribution in [0.3, 0.4) is 0 Å². The minimum absolute atomic E-state index is 0.00838. The number of methoxy groups -OCH3 is 1. The van der Waals surface area contributed by atoms with Crippen LogP contribution in [0.5, 0.6) is 0 Å². The van der Waals surface area contributed by atoms with Gasteiger partial charge in [0.05, 0.1) is 11.7 Å². The van der Waals surface area contributed by atoms with E-state index in [0.29, 0.717) is 18.7 Å². The molecule has 552 valence electrons. The van der Waals surface area contributed by atoms with Crippen LogP contribution >= 0.6 is 11.8 Å². The molecule has 0 unspecified atom stereocenters. The van der Waals surface area contributed by atoms with Gasteiger partial charge >= 0.3 is 0 Å². The molecule has 0 aromatic heterocycles. The number of allylic oxidation sites excluding steroid dienone is 2. The standard InChI is InChI=1S/C70H128N12O13S/c1-28-32-33-46(15)58(83)57-62(87)73-49(29-2)64(89)79(24)54(40-96-35-34-82(30-3)31-4)67(92)78(23)53(39-70(18,19)95-27)61(86)74-55(44(11)12)68(93)75(20)50(36-41(5)6)60(85)71-47(16)59(84)72-48(17)63(88)76(21)51(37-42(7)8)65(90)77(22)52(38-43(9)10)66(91)80(25)56(45(13)14)69(94)81(57)26/h28,32,41-58,83H,29-31,33-40H2,1-27H3,(H,71,85)(H,72,84)(H,73,87)(H,74,86)/t46-,47+,48-,49+,50+,51+,52+,53+,54-,55+,56+,57+,58-/m1/s1. The maximum absolute atomic E-state index is 15.5. The SMILES string of the molecule is CC=CC[C@@H](C)[C@@H](O)[C@H]1C(=O)N[C@@H](CC)C(=O)N(C)[C@H](CSCCN(CC)CC)C(=O)N(C)[C@@H](CC(C)(C)OC)C(=O)N[C@@H](C(C)C)C(=O)N(C)[C@@H](CC(C)C)C(=O)N[C@@H](C)C(=O)N[C@H](C)C(=O)N(C)[C@@H](CC(C)C)C(=O)N(C)[C@@H](CC(C)C)C(=O)N(C)[C@@H](C(C)C)C(=O)N1C. The van der Waals surface area contributed by atoms with Gasteiger partial charge in [-0.05, 0) is 115 Å². The van der Waals surface area contributed by atoms with E-state index < -0.39 is 161 Å². The highest BCUT2D eigenvalue weighted by Crippen LogP contribution is 2.27. The molecule has 1 aliphatic heterocycles. The molecule has 13 atom stereocenters. The quantitative estimate of drug-likeness (QED) is 0.0696. The Hall–Kier alpha value is -5.86. The van der Waals surface area contributed by atoms with E-state index in [1.165, 1.54) is 111 Å². The van der Waals surface area contributed by atoms with E-state index in [9.17, 15) is 24.3 Å². The van der Waals surface area contributed by atoms with E-state index in [-0.39, 0.29) is 55.6 Å². The van der Waals surface area contributed by atoms with Crippen molar-refractivity contribution in [1.29, 1.82) is 0 Å². The third-order valence-electron chi connectivity index (χ3n) is 18.6. The number of nitrogens with one attached hydrogen (secondary N) is 4. The minimum atomic E-state index is -1.65. The first-order chi connectivity index (χ1) is 44.5. The Morgan fingerprint density at radius 3 is 1.43 bits per heavy atom. The third kappa shape index (κ3) is 25.1. The average molecular weight is 1380 g/mol. The van der Waals surface area contributed by atoms with Crippen molar-refractivity contribution in [3.8, 4) is 0 Å². The molecule has 0 spiro atoms. The summed E-state index contributed by atoms with van der Waals surface area (Å²) >= 11 is 1.42. The van der Waals surface area contributed by atoms with Gasteiger partial charge in [-0.1, -0.05) is 109 Å². The van der Waals surface area contributed by atoms with Gasteiger partial charge in [0.1, 0.15) is 66.5 Å². The fourth-order valence-corrected chi connectivity index (χ4v) is 13.1. The summed E-state index contributed by atoms with van der Waals surface area (Å²) in [5.41, 5.74) is -1.04. The van der Waals surface area contributed by atoms with Crippen LogP contribution in [-0.2, 0) is 57.5 Å². The fourth-order valence-electron chi connectivity index (χ4n) is 12.0. The second-order valence-corrected chi connectivity index (χ2v) is 30.1. The van der Waals surface area contributed by atoms with Crippen molar-refractivity contribution in [2.75, 3.05) is 87.6 Å². The second kappa shape index (κ2) is 40.9. The number of ether oxygens (including phenoxy) is 1. The predicted octanol–water partition coefficient (Wildman–Crippen LogP) is 4.48. The number of amides is 11. The summed E-state index contributed by atoms with van der Waals surface area (Å²) in [6.07, 6.45) is 2.69. The number of hydrogen-bond donors (Lipinski definition) is 5. The van der Waals surface area contributed by atoms with Crippen LogP contribution in [-0.4, -0.2) is 275 Å². The first kappa shape index (κ1) is 88.2. The summed E-state index contributed by atoms with van der Waals surface area (Å²) in [4.78, 5) is 176. The van der Waals surface area contributed by atoms with Crippen molar-refractivity contribution in [2.45, 2.75) is 248 Å². The van der Waals surface area contributed by atoms with Gasteiger partial charge in [-0.2, -0.15) is 11.8 Å². The summed E-state index contributed by atoms with van der Waals surface area (Å²) in [5.74, 6) is -9.29. The highest BCUT2D eigenvalue weighted by Gasteiger charge is 2.47. The van der Waals surface area contributed by atoms with E-state index in [0.717, 1.165) is 18.0 Å². The Labute approximate surface area is 580 Å². The summed E-state index contributed by atoms with van der Waals surface area (Å²) in [7, 11) is 11.5. The van der Waals surface area contributed by atoms with Gasteiger partial charge in [0, 0.05) is 80.9 Å². The molecule has 0 bridgehead atoms. The Kier molecular flexibility index (Phi) is 37.5. The first-order valence-corrected chi connectivity index (χ1v) is 35.8. The zero-order valence-electron chi connectivity index (χ0n) is 63.7. The van der Waals surface area contributed by atoms with Crippen LogP contribution in [0.2, 0.25) is 0 Å². The lowest BCUT2D eigenvalue weighted by Crippen LogP contribution is -2.64.